The van der Waals surface area contributed by atoms with Gasteiger partial charge in [-0.05, 0) is 32.3 Å². The Hall–Kier alpha value is -1.88. The first kappa shape index (κ1) is 17.5. The number of amides is 2. The summed E-state index contributed by atoms with van der Waals surface area (Å²) in [5, 5.41) is 2.92. The Bertz CT molecular complexity index is 528. The van der Waals surface area contributed by atoms with E-state index < -0.39 is 0 Å². The Morgan fingerprint density at radius 2 is 2.09 bits per heavy atom. The van der Waals surface area contributed by atoms with Crippen LogP contribution in [-0.4, -0.2) is 42.5 Å². The predicted molar refractivity (Wildman–Crippen MR) is 88.9 cm³/mol. The summed E-state index contributed by atoms with van der Waals surface area (Å²) >= 11 is 0. The molecule has 1 fully saturated rings. The fraction of sp³-hybridized carbons (Fsp3) is 0.556. The molecule has 0 aliphatic carbocycles. The lowest BCUT2D eigenvalue weighted by atomic mass is 10.1. The maximum absolute atomic E-state index is 12.3. The summed E-state index contributed by atoms with van der Waals surface area (Å²) < 4.78 is 5.25. The number of carbonyl (C=O) groups is 2. The molecular weight excluding hydrogens is 292 g/mol. The van der Waals surface area contributed by atoms with Gasteiger partial charge in [-0.2, -0.15) is 0 Å². The Kier molecular flexibility index (Phi) is 6.59. The van der Waals surface area contributed by atoms with E-state index >= 15 is 0 Å². The van der Waals surface area contributed by atoms with Gasteiger partial charge in [0, 0.05) is 32.7 Å². The predicted octanol–water partition coefficient (Wildman–Crippen LogP) is 2.03. The highest BCUT2D eigenvalue weighted by atomic mass is 16.5. The van der Waals surface area contributed by atoms with Crippen LogP contribution in [0.1, 0.15) is 37.3 Å². The summed E-state index contributed by atoms with van der Waals surface area (Å²) in [6, 6.07) is 7.73. The van der Waals surface area contributed by atoms with Crippen molar-refractivity contribution in [2.75, 3.05) is 19.8 Å². The molecule has 5 heteroatoms. The fourth-order valence-corrected chi connectivity index (χ4v) is 2.74. The highest BCUT2D eigenvalue weighted by Gasteiger charge is 2.35. The molecule has 1 saturated heterocycles. The number of carbonyl (C=O) groups excluding carboxylic acids is 2. The average Bonchev–Trinajstić information content (AvgIpc) is 2.90. The van der Waals surface area contributed by atoms with Crippen molar-refractivity contribution in [3.05, 3.63) is 35.4 Å². The summed E-state index contributed by atoms with van der Waals surface area (Å²) in [5.74, 6) is -0.000462. The van der Waals surface area contributed by atoms with Crippen molar-refractivity contribution in [3.8, 4) is 0 Å². The van der Waals surface area contributed by atoms with E-state index in [-0.39, 0.29) is 17.9 Å². The molecule has 2 amide bonds. The van der Waals surface area contributed by atoms with Gasteiger partial charge in [-0.3, -0.25) is 9.59 Å². The fourth-order valence-electron chi connectivity index (χ4n) is 2.74. The third kappa shape index (κ3) is 5.06. The molecule has 0 saturated carbocycles. The number of hydrogen-bond acceptors (Lipinski definition) is 3. The summed E-state index contributed by atoms with van der Waals surface area (Å²) in [5.41, 5.74) is 2.24. The van der Waals surface area contributed by atoms with Gasteiger partial charge in [0.2, 0.25) is 11.8 Å². The van der Waals surface area contributed by atoms with E-state index in [1.54, 1.807) is 4.90 Å². The van der Waals surface area contributed by atoms with Crippen molar-refractivity contribution in [1.82, 2.24) is 10.2 Å². The number of rotatable bonds is 8. The highest BCUT2D eigenvalue weighted by molar-refractivity contribution is 5.90. The van der Waals surface area contributed by atoms with E-state index in [2.05, 4.69) is 5.32 Å². The molecule has 0 radical (unpaired) electrons. The molecule has 1 aromatic carbocycles. The van der Waals surface area contributed by atoms with E-state index in [0.29, 0.717) is 39.1 Å². The maximum atomic E-state index is 12.3. The monoisotopic (exact) mass is 318 g/mol. The average molecular weight is 318 g/mol. The zero-order valence-electron chi connectivity index (χ0n) is 14.0. The molecule has 5 nitrogen and oxygen atoms in total. The Morgan fingerprint density at radius 1 is 1.35 bits per heavy atom. The number of aryl methyl sites for hydroxylation is 1. The van der Waals surface area contributed by atoms with Gasteiger partial charge in [0.05, 0.1) is 0 Å². The van der Waals surface area contributed by atoms with Gasteiger partial charge < -0.3 is 15.0 Å². The topological polar surface area (TPSA) is 58.6 Å². The molecule has 1 heterocycles. The number of nitrogens with zero attached hydrogens (tertiary/aromatic N) is 1. The molecule has 1 atom stereocenters. The van der Waals surface area contributed by atoms with Crippen LogP contribution in [0.2, 0.25) is 0 Å². The molecule has 0 bridgehead atoms. The molecule has 1 aliphatic rings. The molecule has 0 spiro atoms. The summed E-state index contributed by atoms with van der Waals surface area (Å²) in [7, 11) is 0. The minimum atomic E-state index is -0.351. The van der Waals surface area contributed by atoms with E-state index in [0.717, 1.165) is 12.0 Å². The lowest BCUT2D eigenvalue weighted by molar-refractivity contribution is -0.135. The minimum absolute atomic E-state index is 0.0556. The third-order valence-corrected chi connectivity index (χ3v) is 4.07. The van der Waals surface area contributed by atoms with Crippen LogP contribution in [0.3, 0.4) is 0 Å². The molecule has 23 heavy (non-hydrogen) atoms. The quantitative estimate of drug-likeness (QED) is 0.746. The molecule has 1 aliphatic heterocycles. The van der Waals surface area contributed by atoms with Crippen molar-refractivity contribution in [2.45, 2.75) is 45.7 Å². The first-order chi connectivity index (χ1) is 11.1. The zero-order chi connectivity index (χ0) is 16.7. The molecule has 2 rings (SSSR count). The smallest absolute Gasteiger partial charge is 0.242 e. The SMILES string of the molecule is CCOCCCNC(=O)C1CCC(=O)N1Cc1ccc(C)cc1. The first-order valence-electron chi connectivity index (χ1n) is 8.32. The van der Waals surface area contributed by atoms with Crippen molar-refractivity contribution in [1.29, 1.82) is 0 Å². The van der Waals surface area contributed by atoms with E-state index in [1.165, 1.54) is 5.56 Å². The van der Waals surface area contributed by atoms with Crippen LogP contribution in [0.5, 0.6) is 0 Å². The van der Waals surface area contributed by atoms with E-state index in [9.17, 15) is 9.59 Å². The number of hydrogen-bond donors (Lipinski definition) is 1. The van der Waals surface area contributed by atoms with Gasteiger partial charge in [0.15, 0.2) is 0 Å². The summed E-state index contributed by atoms with van der Waals surface area (Å²) in [6.07, 6.45) is 1.84. The van der Waals surface area contributed by atoms with Crippen molar-refractivity contribution >= 4 is 11.8 Å². The third-order valence-electron chi connectivity index (χ3n) is 4.07. The van der Waals surface area contributed by atoms with Gasteiger partial charge >= 0.3 is 0 Å². The summed E-state index contributed by atoms with van der Waals surface area (Å²) in [6.45, 7) is 6.40. The van der Waals surface area contributed by atoms with Crippen molar-refractivity contribution in [2.24, 2.45) is 0 Å². The van der Waals surface area contributed by atoms with Crippen molar-refractivity contribution < 1.29 is 14.3 Å². The van der Waals surface area contributed by atoms with Crippen LogP contribution in [0.4, 0.5) is 0 Å². The number of likely N-dealkylation sites (tertiary alicyclic amines) is 1. The van der Waals surface area contributed by atoms with Crippen LogP contribution in [0.25, 0.3) is 0 Å². The second kappa shape index (κ2) is 8.67. The van der Waals surface area contributed by atoms with Crippen LogP contribution in [-0.2, 0) is 20.9 Å². The Balaban J connectivity index is 1.88. The van der Waals surface area contributed by atoms with Gasteiger partial charge in [0.1, 0.15) is 6.04 Å². The Morgan fingerprint density at radius 3 is 2.78 bits per heavy atom. The van der Waals surface area contributed by atoms with Crippen LogP contribution in [0, 0.1) is 6.92 Å². The van der Waals surface area contributed by atoms with E-state index in [1.807, 2.05) is 38.1 Å². The van der Waals surface area contributed by atoms with E-state index in [4.69, 9.17) is 4.74 Å². The van der Waals surface area contributed by atoms with Gasteiger partial charge in [-0.1, -0.05) is 29.8 Å². The van der Waals surface area contributed by atoms with Gasteiger partial charge in [0.25, 0.3) is 0 Å². The molecule has 1 unspecified atom stereocenters. The normalized spacial score (nSPS) is 17.6. The lowest BCUT2D eigenvalue weighted by Crippen LogP contribution is -2.44. The minimum Gasteiger partial charge on any atom is -0.382 e. The molecule has 1 N–H and O–H groups in total. The zero-order valence-corrected chi connectivity index (χ0v) is 14.0. The maximum Gasteiger partial charge on any atom is 0.242 e. The first-order valence-corrected chi connectivity index (χ1v) is 8.32. The summed E-state index contributed by atoms with van der Waals surface area (Å²) in [4.78, 5) is 26.1. The molecule has 0 aromatic heterocycles. The van der Waals surface area contributed by atoms with Crippen LogP contribution in [0.15, 0.2) is 24.3 Å². The lowest BCUT2D eigenvalue weighted by Gasteiger charge is -2.24. The molecule has 1 aromatic rings. The second-order valence-electron chi connectivity index (χ2n) is 5.90. The number of benzene rings is 1. The largest absolute Gasteiger partial charge is 0.382 e. The molecular formula is C18H26N2O3. The Labute approximate surface area is 138 Å². The standard InChI is InChI=1S/C18H26N2O3/c1-3-23-12-4-11-19-18(22)16-9-10-17(21)20(16)13-15-7-5-14(2)6-8-15/h5-8,16H,3-4,9-13H2,1-2H3,(H,19,22). The number of ether oxygens (including phenoxy) is 1. The van der Waals surface area contributed by atoms with Gasteiger partial charge in [-0.15, -0.1) is 0 Å². The number of nitrogens with one attached hydrogen (secondary N) is 1. The molecule has 126 valence electrons. The van der Waals surface area contributed by atoms with Crippen LogP contribution < -0.4 is 5.32 Å². The second-order valence-corrected chi connectivity index (χ2v) is 5.90. The highest BCUT2D eigenvalue weighted by Crippen LogP contribution is 2.21. The van der Waals surface area contributed by atoms with Crippen molar-refractivity contribution in [3.63, 3.8) is 0 Å². The van der Waals surface area contributed by atoms with Gasteiger partial charge in [-0.25, -0.2) is 0 Å². The van der Waals surface area contributed by atoms with Crippen LogP contribution >= 0.6 is 0 Å².